The van der Waals surface area contributed by atoms with Crippen LogP contribution in [-0.4, -0.2) is 23.1 Å². The van der Waals surface area contributed by atoms with E-state index in [0.717, 1.165) is 11.1 Å². The number of hydrogen-bond acceptors (Lipinski definition) is 6. The third-order valence-electron chi connectivity index (χ3n) is 4.09. The van der Waals surface area contributed by atoms with Crippen molar-refractivity contribution < 1.29 is 13.9 Å². The van der Waals surface area contributed by atoms with Crippen LogP contribution in [0.5, 0.6) is 5.75 Å². The molecule has 0 unspecified atom stereocenters. The number of rotatable bonds is 7. The average Bonchev–Trinajstić information content (AvgIpc) is 2.72. The maximum Gasteiger partial charge on any atom is 0.325 e. The number of aromatic nitrogens is 2. The van der Waals surface area contributed by atoms with Crippen LogP contribution in [0.3, 0.4) is 0 Å². The van der Waals surface area contributed by atoms with Gasteiger partial charge in [-0.3, -0.25) is 5.32 Å². The van der Waals surface area contributed by atoms with Crippen molar-refractivity contribution >= 4 is 35.0 Å². The van der Waals surface area contributed by atoms with Crippen LogP contribution < -0.4 is 26.4 Å². The number of nitrogens with two attached hydrogens (primary N) is 1. The summed E-state index contributed by atoms with van der Waals surface area (Å²) in [6.07, 6.45) is 2.68. The zero-order valence-corrected chi connectivity index (χ0v) is 16.8. The van der Waals surface area contributed by atoms with Crippen LogP contribution in [0.25, 0.3) is 0 Å². The molecule has 0 saturated carbocycles. The summed E-state index contributed by atoms with van der Waals surface area (Å²) in [4.78, 5) is 20.0. The molecule has 0 aliphatic heterocycles. The number of urea groups is 1. The van der Waals surface area contributed by atoms with Gasteiger partial charge >= 0.3 is 6.03 Å². The number of anilines is 3. The Morgan fingerprint density at radius 1 is 1.13 bits per heavy atom. The molecule has 1 heterocycles. The van der Waals surface area contributed by atoms with Crippen molar-refractivity contribution in [2.24, 2.45) is 0 Å². The second-order valence-corrected chi connectivity index (χ2v) is 6.69. The minimum Gasteiger partial charge on any atom is -0.495 e. The van der Waals surface area contributed by atoms with Gasteiger partial charge in [-0.25, -0.2) is 19.2 Å². The lowest BCUT2D eigenvalue weighted by Gasteiger charge is -2.14. The number of amides is 2. The Morgan fingerprint density at radius 3 is 2.57 bits per heavy atom. The van der Waals surface area contributed by atoms with Crippen LogP contribution in [0.15, 0.2) is 48.8 Å². The third-order valence-corrected chi connectivity index (χ3v) is 4.44. The molecule has 2 amide bonds. The topological polar surface area (TPSA) is 114 Å². The van der Waals surface area contributed by atoms with Crippen molar-refractivity contribution in [3.8, 4) is 5.75 Å². The van der Waals surface area contributed by atoms with Gasteiger partial charge in [0.1, 0.15) is 17.4 Å². The standard InChI is InChI=1S/C20H20ClFN6O2/c1-30-17-6-13(9-24-8-12-2-4-14(22)5-3-12)15(21)7-16(17)27-20(29)28-19-11-25-18(23)10-26-19/h2-7,10-11,24H,8-9H2,1H3,(H2,23,25)(H2,26,27,28,29). The number of nitrogen functional groups attached to an aromatic ring is 1. The average molecular weight is 431 g/mol. The van der Waals surface area contributed by atoms with E-state index in [1.165, 1.54) is 31.6 Å². The van der Waals surface area contributed by atoms with Gasteiger partial charge in [0.15, 0.2) is 5.82 Å². The molecule has 5 N–H and O–H groups in total. The van der Waals surface area contributed by atoms with E-state index in [1.54, 1.807) is 24.3 Å². The number of halogens is 2. The number of nitrogens with one attached hydrogen (secondary N) is 3. The molecule has 0 atom stereocenters. The van der Waals surface area contributed by atoms with E-state index in [2.05, 4.69) is 25.9 Å². The van der Waals surface area contributed by atoms with E-state index in [1.807, 2.05) is 0 Å². The third kappa shape index (κ3) is 5.79. The Kier molecular flexibility index (Phi) is 6.99. The molecule has 0 bridgehead atoms. The molecule has 0 spiro atoms. The van der Waals surface area contributed by atoms with Gasteiger partial charge in [-0.15, -0.1) is 0 Å². The number of carbonyl (C=O) groups is 1. The maximum atomic E-state index is 13.0. The van der Waals surface area contributed by atoms with Crippen molar-refractivity contribution in [3.05, 3.63) is 70.8 Å². The second-order valence-electron chi connectivity index (χ2n) is 6.28. The summed E-state index contributed by atoms with van der Waals surface area (Å²) in [7, 11) is 1.49. The summed E-state index contributed by atoms with van der Waals surface area (Å²) in [6.45, 7) is 1.00. The lowest BCUT2D eigenvalue weighted by Crippen LogP contribution is -2.21. The Morgan fingerprint density at radius 2 is 1.90 bits per heavy atom. The smallest absolute Gasteiger partial charge is 0.325 e. The molecule has 0 radical (unpaired) electrons. The van der Waals surface area contributed by atoms with Gasteiger partial charge in [0, 0.05) is 18.1 Å². The maximum absolute atomic E-state index is 13.0. The molecule has 2 aromatic carbocycles. The molecule has 30 heavy (non-hydrogen) atoms. The SMILES string of the molecule is COc1cc(CNCc2ccc(F)cc2)c(Cl)cc1NC(=O)Nc1cnc(N)cn1. The Hall–Kier alpha value is -3.43. The molecular formula is C20H20ClFN6O2. The van der Waals surface area contributed by atoms with Crippen LogP contribution in [0.2, 0.25) is 5.02 Å². The number of benzene rings is 2. The van der Waals surface area contributed by atoms with Crippen molar-refractivity contribution in [1.82, 2.24) is 15.3 Å². The Balaban J connectivity index is 1.63. The fraction of sp³-hybridized carbons (Fsp3) is 0.150. The van der Waals surface area contributed by atoms with E-state index in [0.29, 0.717) is 29.5 Å². The van der Waals surface area contributed by atoms with Crippen molar-refractivity contribution in [3.63, 3.8) is 0 Å². The highest BCUT2D eigenvalue weighted by molar-refractivity contribution is 6.31. The van der Waals surface area contributed by atoms with Gasteiger partial charge < -0.3 is 21.1 Å². The fourth-order valence-electron chi connectivity index (χ4n) is 2.61. The quantitative estimate of drug-likeness (QED) is 0.453. The van der Waals surface area contributed by atoms with Crippen LogP contribution in [0, 0.1) is 5.82 Å². The molecule has 1 aromatic heterocycles. The molecule has 10 heteroatoms. The predicted octanol–water partition coefficient (Wildman–Crippen LogP) is 3.79. The van der Waals surface area contributed by atoms with E-state index < -0.39 is 6.03 Å². The highest BCUT2D eigenvalue weighted by Gasteiger charge is 2.13. The molecule has 3 aromatic rings. The summed E-state index contributed by atoms with van der Waals surface area (Å²) >= 11 is 6.37. The normalized spacial score (nSPS) is 10.5. The first-order valence-electron chi connectivity index (χ1n) is 8.91. The monoisotopic (exact) mass is 430 g/mol. The molecular weight excluding hydrogens is 411 g/mol. The highest BCUT2D eigenvalue weighted by Crippen LogP contribution is 2.31. The molecule has 0 saturated heterocycles. The van der Waals surface area contributed by atoms with Gasteiger partial charge in [-0.1, -0.05) is 23.7 Å². The number of ether oxygens (including phenoxy) is 1. The summed E-state index contributed by atoms with van der Waals surface area (Å²) < 4.78 is 18.3. The molecule has 156 valence electrons. The molecule has 8 nitrogen and oxygen atoms in total. The largest absolute Gasteiger partial charge is 0.495 e. The summed E-state index contributed by atoms with van der Waals surface area (Å²) in [5.74, 6) is 0.657. The van der Waals surface area contributed by atoms with Crippen LogP contribution in [0.4, 0.5) is 26.5 Å². The zero-order chi connectivity index (χ0) is 21.5. The Bertz CT molecular complexity index is 1020. The van der Waals surface area contributed by atoms with E-state index in [4.69, 9.17) is 22.1 Å². The second kappa shape index (κ2) is 9.86. The number of hydrogen-bond donors (Lipinski definition) is 4. The zero-order valence-electron chi connectivity index (χ0n) is 16.1. The summed E-state index contributed by atoms with van der Waals surface area (Å²) in [5, 5.41) is 8.90. The minimum absolute atomic E-state index is 0.244. The lowest BCUT2D eigenvalue weighted by atomic mass is 10.1. The summed E-state index contributed by atoms with van der Waals surface area (Å²) in [5.41, 5.74) is 7.59. The van der Waals surface area contributed by atoms with E-state index in [9.17, 15) is 9.18 Å². The first kappa shape index (κ1) is 21.3. The fourth-order valence-corrected chi connectivity index (χ4v) is 2.84. The van der Waals surface area contributed by atoms with Crippen LogP contribution in [-0.2, 0) is 13.1 Å². The predicted molar refractivity (Wildman–Crippen MR) is 114 cm³/mol. The van der Waals surface area contributed by atoms with Gasteiger partial charge in [0.05, 0.1) is 25.2 Å². The Labute approximate surface area is 177 Å². The number of carbonyl (C=O) groups excluding carboxylic acids is 1. The van der Waals surface area contributed by atoms with Crippen LogP contribution in [0.1, 0.15) is 11.1 Å². The molecule has 0 aliphatic rings. The highest BCUT2D eigenvalue weighted by atomic mass is 35.5. The molecule has 3 rings (SSSR count). The van der Waals surface area contributed by atoms with Crippen molar-refractivity contribution in [2.45, 2.75) is 13.1 Å². The van der Waals surface area contributed by atoms with E-state index in [-0.39, 0.29) is 17.5 Å². The number of nitrogens with zero attached hydrogens (tertiary/aromatic N) is 2. The minimum atomic E-state index is -0.536. The van der Waals surface area contributed by atoms with Gasteiger partial charge in [-0.2, -0.15) is 0 Å². The van der Waals surface area contributed by atoms with Gasteiger partial charge in [0.25, 0.3) is 0 Å². The number of methoxy groups -OCH3 is 1. The molecule has 0 aliphatic carbocycles. The first-order chi connectivity index (χ1) is 14.4. The summed E-state index contributed by atoms with van der Waals surface area (Å²) in [6, 6.07) is 9.04. The van der Waals surface area contributed by atoms with Gasteiger partial charge in [-0.05, 0) is 35.4 Å². The van der Waals surface area contributed by atoms with Crippen molar-refractivity contribution in [2.75, 3.05) is 23.5 Å². The van der Waals surface area contributed by atoms with Gasteiger partial charge in [0.2, 0.25) is 0 Å². The van der Waals surface area contributed by atoms with Crippen LogP contribution >= 0.6 is 11.6 Å². The molecule has 0 fully saturated rings. The lowest BCUT2D eigenvalue weighted by molar-refractivity contribution is 0.262. The first-order valence-corrected chi connectivity index (χ1v) is 9.29. The van der Waals surface area contributed by atoms with E-state index >= 15 is 0 Å². The van der Waals surface area contributed by atoms with Crippen molar-refractivity contribution in [1.29, 1.82) is 0 Å².